The molecule has 2 aromatic rings. The Kier molecular flexibility index (Phi) is 7.20. The van der Waals surface area contributed by atoms with E-state index in [0.717, 1.165) is 17.7 Å². The Labute approximate surface area is 181 Å². The molecule has 0 bridgehead atoms. The van der Waals surface area contributed by atoms with Gasteiger partial charge in [-0.25, -0.2) is 4.79 Å². The SMILES string of the molecule is COc1cc(NC(=O)NC(c2cccs2)C2CCCC2)c(C(=O)N(C)C)cc1OC. The number of carbonyl (C=O) groups is 2. The van der Waals surface area contributed by atoms with Gasteiger partial charge in [0.05, 0.1) is 31.5 Å². The van der Waals surface area contributed by atoms with Crippen molar-refractivity contribution in [3.05, 3.63) is 40.1 Å². The van der Waals surface area contributed by atoms with Crippen LogP contribution in [0.3, 0.4) is 0 Å². The molecule has 0 saturated heterocycles. The summed E-state index contributed by atoms with van der Waals surface area (Å²) >= 11 is 1.65. The number of nitrogens with zero attached hydrogens (tertiary/aromatic N) is 1. The van der Waals surface area contributed by atoms with Gasteiger partial charge in [0.1, 0.15) is 0 Å². The molecule has 162 valence electrons. The van der Waals surface area contributed by atoms with Crippen molar-refractivity contribution in [1.82, 2.24) is 10.2 Å². The van der Waals surface area contributed by atoms with E-state index in [4.69, 9.17) is 9.47 Å². The molecule has 1 heterocycles. The minimum Gasteiger partial charge on any atom is -0.493 e. The number of rotatable bonds is 7. The topological polar surface area (TPSA) is 79.9 Å². The lowest BCUT2D eigenvalue weighted by Gasteiger charge is -2.24. The van der Waals surface area contributed by atoms with E-state index in [0.29, 0.717) is 28.7 Å². The summed E-state index contributed by atoms with van der Waals surface area (Å²) < 4.78 is 10.7. The van der Waals surface area contributed by atoms with Gasteiger partial charge in [-0.1, -0.05) is 18.9 Å². The van der Waals surface area contributed by atoms with E-state index >= 15 is 0 Å². The molecule has 3 rings (SSSR count). The number of amides is 3. The third kappa shape index (κ3) is 4.87. The largest absolute Gasteiger partial charge is 0.493 e. The van der Waals surface area contributed by atoms with Crippen LogP contribution in [-0.4, -0.2) is 45.2 Å². The smallest absolute Gasteiger partial charge is 0.319 e. The summed E-state index contributed by atoms with van der Waals surface area (Å²) in [6, 6.07) is 6.88. The molecular formula is C22H29N3O4S. The second kappa shape index (κ2) is 9.84. The highest BCUT2D eigenvalue weighted by Gasteiger charge is 2.29. The predicted molar refractivity (Wildman–Crippen MR) is 119 cm³/mol. The molecule has 1 unspecified atom stereocenters. The summed E-state index contributed by atoms with van der Waals surface area (Å²) in [6.07, 6.45) is 4.58. The van der Waals surface area contributed by atoms with Crippen LogP contribution in [0.15, 0.2) is 29.6 Å². The molecule has 3 amide bonds. The van der Waals surface area contributed by atoms with E-state index in [2.05, 4.69) is 16.7 Å². The molecule has 0 aliphatic heterocycles. The van der Waals surface area contributed by atoms with Gasteiger partial charge in [-0.2, -0.15) is 0 Å². The van der Waals surface area contributed by atoms with Crippen LogP contribution in [0.2, 0.25) is 0 Å². The normalized spacial score (nSPS) is 14.8. The average molecular weight is 432 g/mol. The summed E-state index contributed by atoms with van der Waals surface area (Å²) in [6.45, 7) is 0. The number of carbonyl (C=O) groups excluding carboxylic acids is 2. The first-order valence-electron chi connectivity index (χ1n) is 10.0. The fourth-order valence-electron chi connectivity index (χ4n) is 3.88. The van der Waals surface area contributed by atoms with Gasteiger partial charge in [-0.3, -0.25) is 4.79 Å². The van der Waals surface area contributed by atoms with Crippen molar-refractivity contribution in [3.8, 4) is 11.5 Å². The second-order valence-corrected chi connectivity index (χ2v) is 8.57. The Bertz CT molecular complexity index is 877. The molecule has 8 heteroatoms. The number of ether oxygens (including phenoxy) is 2. The minimum atomic E-state index is -0.347. The van der Waals surface area contributed by atoms with Crippen molar-refractivity contribution in [3.63, 3.8) is 0 Å². The van der Waals surface area contributed by atoms with E-state index < -0.39 is 0 Å². The first kappa shape index (κ1) is 22.0. The van der Waals surface area contributed by atoms with Crippen molar-refractivity contribution in [1.29, 1.82) is 0 Å². The van der Waals surface area contributed by atoms with Crippen LogP contribution in [0.5, 0.6) is 11.5 Å². The van der Waals surface area contributed by atoms with E-state index in [1.165, 1.54) is 32.0 Å². The minimum absolute atomic E-state index is 0.0411. The predicted octanol–water partition coefficient (Wildman–Crippen LogP) is 4.52. The van der Waals surface area contributed by atoms with Gasteiger partial charge in [0.25, 0.3) is 5.91 Å². The zero-order valence-corrected chi connectivity index (χ0v) is 18.7. The Balaban J connectivity index is 1.86. The van der Waals surface area contributed by atoms with Crippen LogP contribution in [-0.2, 0) is 0 Å². The van der Waals surface area contributed by atoms with Gasteiger partial charge < -0.3 is 25.0 Å². The fourth-order valence-corrected chi connectivity index (χ4v) is 4.75. The van der Waals surface area contributed by atoms with Gasteiger partial charge in [0.2, 0.25) is 0 Å². The number of urea groups is 1. The summed E-state index contributed by atoms with van der Waals surface area (Å²) in [5.74, 6) is 1.05. The maximum Gasteiger partial charge on any atom is 0.319 e. The number of benzene rings is 1. The molecular weight excluding hydrogens is 402 g/mol. The third-order valence-electron chi connectivity index (χ3n) is 5.42. The number of thiophene rings is 1. The van der Waals surface area contributed by atoms with Crippen molar-refractivity contribution < 1.29 is 19.1 Å². The highest BCUT2D eigenvalue weighted by molar-refractivity contribution is 7.10. The third-order valence-corrected chi connectivity index (χ3v) is 6.37. The van der Waals surface area contributed by atoms with Crippen LogP contribution in [0.25, 0.3) is 0 Å². The Hall–Kier alpha value is -2.74. The van der Waals surface area contributed by atoms with Gasteiger partial charge in [0.15, 0.2) is 11.5 Å². The van der Waals surface area contributed by atoms with Crippen LogP contribution >= 0.6 is 11.3 Å². The van der Waals surface area contributed by atoms with Crippen molar-refractivity contribution in [2.75, 3.05) is 33.6 Å². The van der Waals surface area contributed by atoms with E-state index in [-0.39, 0.29) is 18.0 Å². The molecule has 1 saturated carbocycles. The standard InChI is InChI=1S/C22H29N3O4S/c1-25(2)21(26)15-12-17(28-3)18(29-4)13-16(15)23-22(27)24-20(14-8-5-6-9-14)19-10-7-11-30-19/h7,10-14,20H,5-6,8-9H2,1-4H3,(H2,23,24,27). The van der Waals surface area contributed by atoms with Gasteiger partial charge in [-0.05, 0) is 36.3 Å². The summed E-state index contributed by atoms with van der Waals surface area (Å²) in [4.78, 5) is 28.3. The molecule has 1 aromatic heterocycles. The maximum absolute atomic E-state index is 13.0. The van der Waals surface area contributed by atoms with Crippen LogP contribution in [0.1, 0.15) is 47.0 Å². The molecule has 1 aliphatic carbocycles. The molecule has 1 aliphatic rings. The highest BCUT2D eigenvalue weighted by atomic mass is 32.1. The van der Waals surface area contributed by atoms with Crippen LogP contribution in [0, 0.1) is 5.92 Å². The second-order valence-electron chi connectivity index (χ2n) is 7.59. The number of nitrogens with one attached hydrogen (secondary N) is 2. The van der Waals surface area contributed by atoms with E-state index in [1.54, 1.807) is 37.6 Å². The zero-order chi connectivity index (χ0) is 21.7. The molecule has 2 N–H and O–H groups in total. The number of anilines is 1. The summed E-state index contributed by atoms with van der Waals surface area (Å²) in [7, 11) is 6.35. The first-order chi connectivity index (χ1) is 14.4. The van der Waals surface area contributed by atoms with Crippen LogP contribution in [0.4, 0.5) is 10.5 Å². The number of hydrogen-bond donors (Lipinski definition) is 2. The lowest BCUT2D eigenvalue weighted by molar-refractivity contribution is 0.0828. The molecule has 0 radical (unpaired) electrons. The van der Waals surface area contributed by atoms with Gasteiger partial charge >= 0.3 is 6.03 Å². The molecule has 0 spiro atoms. The van der Waals surface area contributed by atoms with Crippen molar-refractivity contribution in [2.24, 2.45) is 5.92 Å². The average Bonchev–Trinajstić information content (AvgIpc) is 3.45. The summed E-state index contributed by atoms with van der Waals surface area (Å²) in [5.41, 5.74) is 0.710. The Morgan fingerprint density at radius 2 is 1.80 bits per heavy atom. The lowest BCUT2D eigenvalue weighted by atomic mass is 9.97. The van der Waals surface area contributed by atoms with E-state index in [9.17, 15) is 9.59 Å². The van der Waals surface area contributed by atoms with Crippen molar-refractivity contribution in [2.45, 2.75) is 31.7 Å². The molecule has 7 nitrogen and oxygen atoms in total. The molecule has 1 fully saturated rings. The maximum atomic E-state index is 13.0. The van der Waals surface area contributed by atoms with Crippen molar-refractivity contribution >= 4 is 29.0 Å². The van der Waals surface area contributed by atoms with Crippen LogP contribution < -0.4 is 20.1 Å². The Morgan fingerprint density at radius 3 is 2.37 bits per heavy atom. The molecule has 30 heavy (non-hydrogen) atoms. The quantitative estimate of drug-likeness (QED) is 0.675. The molecule has 1 atom stereocenters. The Morgan fingerprint density at radius 1 is 1.13 bits per heavy atom. The fraction of sp³-hybridized carbons (Fsp3) is 0.455. The summed E-state index contributed by atoms with van der Waals surface area (Å²) in [5, 5.41) is 8.02. The van der Waals surface area contributed by atoms with E-state index in [1.807, 2.05) is 11.4 Å². The number of hydrogen-bond acceptors (Lipinski definition) is 5. The highest BCUT2D eigenvalue weighted by Crippen LogP contribution is 2.38. The molecule has 1 aromatic carbocycles. The number of methoxy groups -OCH3 is 2. The first-order valence-corrected chi connectivity index (χ1v) is 10.9. The van der Waals surface area contributed by atoms with Gasteiger partial charge in [0, 0.05) is 25.0 Å². The monoisotopic (exact) mass is 431 g/mol. The zero-order valence-electron chi connectivity index (χ0n) is 17.9. The van der Waals surface area contributed by atoms with Gasteiger partial charge in [-0.15, -0.1) is 11.3 Å². The lowest BCUT2D eigenvalue weighted by Crippen LogP contribution is -2.36.